The van der Waals surface area contributed by atoms with Crippen molar-refractivity contribution < 1.29 is 18.0 Å². The van der Waals surface area contributed by atoms with Crippen LogP contribution in [-0.4, -0.2) is 50.5 Å². The first-order valence-corrected chi connectivity index (χ1v) is 14.1. The highest BCUT2D eigenvalue weighted by Crippen LogP contribution is 2.20. The van der Waals surface area contributed by atoms with Crippen LogP contribution in [0, 0.1) is 13.8 Å². The fourth-order valence-corrected chi connectivity index (χ4v) is 4.97. The molecule has 192 valence electrons. The number of amides is 2. The molecule has 0 aliphatic rings. The monoisotopic (exact) mass is 501 g/mol. The molecule has 0 aromatic heterocycles. The second kappa shape index (κ2) is 13.3. The second-order valence-corrected chi connectivity index (χ2v) is 10.9. The predicted molar refractivity (Wildman–Crippen MR) is 142 cm³/mol. The molecular weight excluding hydrogens is 462 g/mol. The van der Waals surface area contributed by atoms with Gasteiger partial charge in [-0.15, -0.1) is 0 Å². The molecule has 35 heavy (non-hydrogen) atoms. The van der Waals surface area contributed by atoms with E-state index in [9.17, 15) is 18.0 Å². The number of aryl methyl sites for hydroxylation is 2. The summed E-state index contributed by atoms with van der Waals surface area (Å²) in [6, 6.07) is 14.6. The van der Waals surface area contributed by atoms with Crippen LogP contribution < -0.4 is 9.62 Å². The Bertz CT molecular complexity index is 1080. The SMILES string of the molecule is CCCNC(=O)[C@@H](CC)N(Cc1cccc(C)c1)C(=O)CCCN(c1ccc(C)cc1)S(C)(=O)=O. The molecule has 0 fully saturated rings. The summed E-state index contributed by atoms with van der Waals surface area (Å²) in [6.07, 6.45) is 2.96. The zero-order valence-electron chi connectivity index (χ0n) is 21.6. The highest BCUT2D eigenvalue weighted by molar-refractivity contribution is 7.92. The molecule has 0 radical (unpaired) electrons. The van der Waals surface area contributed by atoms with Crippen LogP contribution in [0.2, 0.25) is 0 Å². The summed E-state index contributed by atoms with van der Waals surface area (Å²) in [5.74, 6) is -0.324. The van der Waals surface area contributed by atoms with Gasteiger partial charge in [0, 0.05) is 26.1 Å². The molecule has 2 rings (SSSR count). The fraction of sp³-hybridized carbons (Fsp3) is 0.481. The average molecular weight is 502 g/mol. The third-order valence-electron chi connectivity index (χ3n) is 5.84. The van der Waals surface area contributed by atoms with Gasteiger partial charge in [-0.25, -0.2) is 8.42 Å². The molecule has 0 saturated heterocycles. The van der Waals surface area contributed by atoms with E-state index in [2.05, 4.69) is 5.32 Å². The van der Waals surface area contributed by atoms with Crippen LogP contribution in [0.5, 0.6) is 0 Å². The van der Waals surface area contributed by atoms with Crippen LogP contribution in [0.4, 0.5) is 5.69 Å². The summed E-state index contributed by atoms with van der Waals surface area (Å²) < 4.78 is 26.2. The molecule has 0 aliphatic carbocycles. The number of benzene rings is 2. The van der Waals surface area contributed by atoms with Crippen LogP contribution in [0.15, 0.2) is 48.5 Å². The maximum absolute atomic E-state index is 13.4. The number of anilines is 1. The van der Waals surface area contributed by atoms with Gasteiger partial charge in [-0.05, 0) is 50.8 Å². The maximum atomic E-state index is 13.4. The number of nitrogens with zero attached hydrogens (tertiary/aromatic N) is 2. The average Bonchev–Trinajstić information content (AvgIpc) is 2.80. The summed E-state index contributed by atoms with van der Waals surface area (Å²) >= 11 is 0. The number of carbonyl (C=O) groups excluding carboxylic acids is 2. The zero-order valence-corrected chi connectivity index (χ0v) is 22.4. The number of hydrogen-bond acceptors (Lipinski definition) is 4. The topological polar surface area (TPSA) is 86.8 Å². The molecule has 0 unspecified atom stereocenters. The molecule has 2 aromatic carbocycles. The van der Waals surface area contributed by atoms with Gasteiger partial charge in [0.15, 0.2) is 0 Å². The zero-order chi connectivity index (χ0) is 26.0. The third-order valence-corrected chi connectivity index (χ3v) is 7.04. The minimum absolute atomic E-state index is 0.140. The highest BCUT2D eigenvalue weighted by atomic mass is 32.2. The van der Waals surface area contributed by atoms with Gasteiger partial charge in [0.05, 0.1) is 11.9 Å². The highest BCUT2D eigenvalue weighted by Gasteiger charge is 2.28. The standard InChI is InChI=1S/C27H39N3O4S/c1-6-17-28-27(32)25(7-2)29(20-23-11-8-10-22(4)19-23)26(31)12-9-18-30(35(5,33)34)24-15-13-21(3)14-16-24/h8,10-11,13-16,19,25H,6-7,9,12,17-18,20H2,1-5H3,(H,28,32)/t25-/m1/s1. The van der Waals surface area contributed by atoms with Gasteiger partial charge < -0.3 is 10.2 Å². The number of carbonyl (C=O) groups is 2. The summed E-state index contributed by atoms with van der Waals surface area (Å²) in [7, 11) is -3.50. The van der Waals surface area contributed by atoms with Gasteiger partial charge in [0.2, 0.25) is 21.8 Å². The van der Waals surface area contributed by atoms with Crippen molar-refractivity contribution in [2.24, 2.45) is 0 Å². The van der Waals surface area contributed by atoms with E-state index >= 15 is 0 Å². The first-order chi connectivity index (χ1) is 16.6. The lowest BCUT2D eigenvalue weighted by Crippen LogP contribution is -2.49. The first kappa shape index (κ1) is 28.4. The van der Waals surface area contributed by atoms with Crippen LogP contribution in [0.3, 0.4) is 0 Å². The molecule has 0 heterocycles. The number of nitrogens with one attached hydrogen (secondary N) is 1. The summed E-state index contributed by atoms with van der Waals surface area (Å²) in [5.41, 5.74) is 3.65. The fourth-order valence-electron chi connectivity index (χ4n) is 4.01. The van der Waals surface area contributed by atoms with E-state index in [1.54, 1.807) is 17.0 Å². The van der Waals surface area contributed by atoms with Gasteiger partial charge >= 0.3 is 0 Å². The van der Waals surface area contributed by atoms with Gasteiger partial charge in [-0.3, -0.25) is 13.9 Å². The van der Waals surface area contributed by atoms with Gasteiger partial charge in [0.1, 0.15) is 6.04 Å². The van der Waals surface area contributed by atoms with Crippen molar-refractivity contribution in [3.63, 3.8) is 0 Å². The smallest absolute Gasteiger partial charge is 0.242 e. The van der Waals surface area contributed by atoms with E-state index in [1.807, 2.05) is 64.1 Å². The summed E-state index contributed by atoms with van der Waals surface area (Å²) in [6.45, 7) is 8.88. The normalized spacial score (nSPS) is 12.1. The Labute approximate surface area is 210 Å². The van der Waals surface area contributed by atoms with Crippen molar-refractivity contribution >= 4 is 27.5 Å². The van der Waals surface area contributed by atoms with E-state index in [0.717, 1.165) is 23.1 Å². The molecule has 2 aromatic rings. The van der Waals surface area contributed by atoms with Crippen molar-refractivity contribution in [3.8, 4) is 0 Å². The lowest BCUT2D eigenvalue weighted by Gasteiger charge is -2.31. The molecule has 0 aliphatic heterocycles. The van der Waals surface area contributed by atoms with Crippen molar-refractivity contribution in [3.05, 3.63) is 65.2 Å². The Morgan fingerprint density at radius 2 is 1.69 bits per heavy atom. The lowest BCUT2D eigenvalue weighted by molar-refractivity contribution is -0.141. The molecule has 8 heteroatoms. The van der Waals surface area contributed by atoms with E-state index in [0.29, 0.717) is 31.6 Å². The van der Waals surface area contributed by atoms with Crippen molar-refractivity contribution in [2.45, 2.75) is 66.0 Å². The number of rotatable bonds is 13. The molecular formula is C27H39N3O4S. The largest absolute Gasteiger partial charge is 0.354 e. The van der Waals surface area contributed by atoms with E-state index < -0.39 is 16.1 Å². The summed E-state index contributed by atoms with van der Waals surface area (Å²) in [5, 5.41) is 2.92. The van der Waals surface area contributed by atoms with Gasteiger partial charge in [-0.1, -0.05) is 61.4 Å². The molecule has 0 saturated carbocycles. The van der Waals surface area contributed by atoms with Crippen LogP contribution in [0.1, 0.15) is 56.2 Å². The Kier molecular flexibility index (Phi) is 10.8. The molecule has 7 nitrogen and oxygen atoms in total. The van der Waals surface area contributed by atoms with Crippen LogP contribution in [-0.2, 0) is 26.2 Å². The molecule has 1 N–H and O–H groups in total. The van der Waals surface area contributed by atoms with Crippen LogP contribution >= 0.6 is 0 Å². The maximum Gasteiger partial charge on any atom is 0.242 e. The lowest BCUT2D eigenvalue weighted by atomic mass is 10.1. The van der Waals surface area contributed by atoms with Crippen molar-refractivity contribution in [1.82, 2.24) is 10.2 Å². The van der Waals surface area contributed by atoms with Gasteiger partial charge in [-0.2, -0.15) is 0 Å². The first-order valence-electron chi connectivity index (χ1n) is 12.2. The van der Waals surface area contributed by atoms with E-state index in [1.165, 1.54) is 10.6 Å². The predicted octanol–water partition coefficient (Wildman–Crippen LogP) is 4.18. The number of hydrogen-bond donors (Lipinski definition) is 1. The Hall–Kier alpha value is -2.87. The number of sulfonamides is 1. The van der Waals surface area contributed by atoms with E-state index in [-0.39, 0.29) is 24.8 Å². The molecule has 2 amide bonds. The molecule has 1 atom stereocenters. The minimum Gasteiger partial charge on any atom is -0.354 e. The van der Waals surface area contributed by atoms with Crippen molar-refractivity contribution in [1.29, 1.82) is 0 Å². The third kappa shape index (κ3) is 8.69. The quantitative estimate of drug-likeness (QED) is 0.446. The van der Waals surface area contributed by atoms with Crippen molar-refractivity contribution in [2.75, 3.05) is 23.7 Å². The molecule has 0 spiro atoms. The van der Waals surface area contributed by atoms with Crippen LogP contribution in [0.25, 0.3) is 0 Å². The Balaban J connectivity index is 2.19. The minimum atomic E-state index is -3.50. The molecule has 0 bridgehead atoms. The summed E-state index contributed by atoms with van der Waals surface area (Å²) in [4.78, 5) is 27.9. The Morgan fingerprint density at radius 1 is 1.00 bits per heavy atom. The van der Waals surface area contributed by atoms with Gasteiger partial charge in [0.25, 0.3) is 0 Å². The van der Waals surface area contributed by atoms with E-state index in [4.69, 9.17) is 0 Å². The second-order valence-electron chi connectivity index (χ2n) is 9.00. The Morgan fingerprint density at radius 3 is 2.26 bits per heavy atom.